The second-order valence-corrected chi connectivity index (χ2v) is 6.67. The number of hydrogen-bond acceptors (Lipinski definition) is 4. The van der Waals surface area contributed by atoms with Crippen molar-refractivity contribution in [3.05, 3.63) is 36.3 Å². The molecule has 3 rings (SSSR count). The number of amides is 2. The minimum Gasteiger partial charge on any atom is -0.369 e. The molecule has 7 heteroatoms. The van der Waals surface area contributed by atoms with Gasteiger partial charge in [0.1, 0.15) is 5.82 Å². The third-order valence-corrected chi connectivity index (χ3v) is 4.51. The molecule has 0 aliphatic carbocycles. The molecule has 0 atom stereocenters. The molecule has 0 saturated carbocycles. The summed E-state index contributed by atoms with van der Waals surface area (Å²) in [5.74, 6) is 0.742. The first-order valence-corrected chi connectivity index (χ1v) is 8.81. The molecular formula is C18H26N6O. The summed E-state index contributed by atoms with van der Waals surface area (Å²) in [7, 11) is 0. The molecule has 1 aliphatic heterocycles. The lowest BCUT2D eigenvalue weighted by atomic mass is 10.2. The Morgan fingerprint density at radius 1 is 1.16 bits per heavy atom. The van der Waals surface area contributed by atoms with Crippen LogP contribution in [0.4, 0.5) is 16.3 Å². The second-order valence-electron chi connectivity index (χ2n) is 6.67. The Labute approximate surface area is 148 Å². The highest BCUT2D eigenvalue weighted by Crippen LogP contribution is 2.20. The number of hydrogen-bond donors (Lipinski definition) is 1. The van der Waals surface area contributed by atoms with Crippen LogP contribution in [-0.4, -0.2) is 51.9 Å². The molecule has 3 heterocycles. The Bertz CT molecular complexity index is 726. The number of nitrogens with one attached hydrogen (secondary N) is 1. The largest absolute Gasteiger partial charge is 0.369 e. The molecular weight excluding hydrogens is 316 g/mol. The SMILES string of the molecule is Cc1cnccc1N1CCCN(C(=O)Nc2ccnn2C(C)C)CC1. The van der Waals surface area contributed by atoms with E-state index in [9.17, 15) is 4.79 Å². The van der Waals surface area contributed by atoms with Gasteiger partial charge >= 0.3 is 6.03 Å². The third-order valence-electron chi connectivity index (χ3n) is 4.51. The van der Waals surface area contributed by atoms with E-state index in [4.69, 9.17) is 0 Å². The molecule has 0 bridgehead atoms. The van der Waals surface area contributed by atoms with Crippen LogP contribution in [0.1, 0.15) is 31.9 Å². The van der Waals surface area contributed by atoms with Crippen molar-refractivity contribution in [1.29, 1.82) is 0 Å². The van der Waals surface area contributed by atoms with Crippen molar-refractivity contribution in [3.63, 3.8) is 0 Å². The number of carbonyl (C=O) groups is 1. The third kappa shape index (κ3) is 3.92. The van der Waals surface area contributed by atoms with Gasteiger partial charge in [-0.05, 0) is 38.8 Å². The highest BCUT2D eigenvalue weighted by atomic mass is 16.2. The van der Waals surface area contributed by atoms with Crippen LogP contribution >= 0.6 is 0 Å². The van der Waals surface area contributed by atoms with Gasteiger partial charge < -0.3 is 9.80 Å². The Morgan fingerprint density at radius 3 is 2.76 bits per heavy atom. The maximum absolute atomic E-state index is 12.6. The molecule has 1 saturated heterocycles. The molecule has 2 aromatic rings. The van der Waals surface area contributed by atoms with Gasteiger partial charge in [-0.3, -0.25) is 10.3 Å². The quantitative estimate of drug-likeness (QED) is 0.931. The van der Waals surface area contributed by atoms with Gasteiger partial charge in [0.05, 0.1) is 6.20 Å². The Hall–Kier alpha value is -2.57. The first-order chi connectivity index (χ1) is 12.1. The van der Waals surface area contributed by atoms with Crippen molar-refractivity contribution < 1.29 is 4.79 Å². The van der Waals surface area contributed by atoms with Gasteiger partial charge in [-0.15, -0.1) is 0 Å². The van der Waals surface area contributed by atoms with Crippen molar-refractivity contribution >= 4 is 17.5 Å². The number of carbonyl (C=O) groups excluding carboxylic acids is 1. The van der Waals surface area contributed by atoms with Crippen LogP contribution in [0.15, 0.2) is 30.7 Å². The van der Waals surface area contributed by atoms with E-state index < -0.39 is 0 Å². The second kappa shape index (κ2) is 7.55. The summed E-state index contributed by atoms with van der Waals surface area (Å²) in [5.41, 5.74) is 2.37. The summed E-state index contributed by atoms with van der Waals surface area (Å²) < 4.78 is 1.82. The number of aromatic nitrogens is 3. The molecule has 0 spiro atoms. The van der Waals surface area contributed by atoms with Gasteiger partial charge in [0.2, 0.25) is 0 Å². The summed E-state index contributed by atoms with van der Waals surface area (Å²) in [6.45, 7) is 9.38. The summed E-state index contributed by atoms with van der Waals surface area (Å²) in [6, 6.07) is 4.03. The van der Waals surface area contributed by atoms with Crippen molar-refractivity contribution in [2.24, 2.45) is 0 Å². The van der Waals surface area contributed by atoms with Crippen LogP contribution in [0.3, 0.4) is 0 Å². The van der Waals surface area contributed by atoms with E-state index in [1.165, 1.54) is 11.3 Å². The molecule has 134 valence electrons. The standard InChI is InChI=1S/C18H26N6O/c1-14(2)24-17(6-8-20-24)21-18(25)23-10-4-9-22(11-12-23)16-5-7-19-13-15(16)3/h5-8,13-14H,4,9-12H2,1-3H3,(H,21,25). The van der Waals surface area contributed by atoms with Gasteiger partial charge in [-0.25, -0.2) is 9.48 Å². The smallest absolute Gasteiger partial charge is 0.323 e. The zero-order chi connectivity index (χ0) is 17.8. The first kappa shape index (κ1) is 17.3. The summed E-state index contributed by atoms with van der Waals surface area (Å²) in [5, 5.41) is 7.26. The number of nitrogens with zero attached hydrogens (tertiary/aromatic N) is 5. The van der Waals surface area contributed by atoms with Crippen LogP contribution in [0.5, 0.6) is 0 Å². The van der Waals surface area contributed by atoms with Crippen molar-refractivity contribution in [1.82, 2.24) is 19.7 Å². The lowest BCUT2D eigenvalue weighted by molar-refractivity contribution is 0.215. The van der Waals surface area contributed by atoms with Gasteiger partial charge in [0.25, 0.3) is 0 Å². The topological polar surface area (TPSA) is 66.3 Å². The van der Waals surface area contributed by atoms with E-state index >= 15 is 0 Å². The Kier molecular flexibility index (Phi) is 5.21. The number of urea groups is 1. The van der Waals surface area contributed by atoms with E-state index in [-0.39, 0.29) is 12.1 Å². The lowest BCUT2D eigenvalue weighted by Crippen LogP contribution is -2.38. The molecule has 0 unspecified atom stereocenters. The molecule has 7 nitrogen and oxygen atoms in total. The van der Waals surface area contributed by atoms with Gasteiger partial charge in [-0.2, -0.15) is 5.10 Å². The average Bonchev–Trinajstić information content (AvgIpc) is 2.91. The van der Waals surface area contributed by atoms with E-state index in [2.05, 4.69) is 27.2 Å². The fourth-order valence-corrected chi connectivity index (χ4v) is 3.20. The number of anilines is 2. The number of pyridine rings is 1. The minimum atomic E-state index is -0.0595. The number of rotatable bonds is 3. The molecule has 1 fully saturated rings. The highest BCUT2D eigenvalue weighted by Gasteiger charge is 2.21. The molecule has 2 amide bonds. The molecule has 2 aromatic heterocycles. The van der Waals surface area contributed by atoms with Crippen molar-refractivity contribution in [3.8, 4) is 0 Å². The van der Waals surface area contributed by atoms with Crippen LogP contribution in [0.2, 0.25) is 0 Å². The highest BCUT2D eigenvalue weighted by molar-refractivity contribution is 5.88. The predicted molar refractivity (Wildman–Crippen MR) is 99.0 cm³/mol. The van der Waals surface area contributed by atoms with Gasteiger partial charge in [0, 0.05) is 56.4 Å². The van der Waals surface area contributed by atoms with Crippen LogP contribution in [0.25, 0.3) is 0 Å². The molecule has 0 aromatic carbocycles. The van der Waals surface area contributed by atoms with E-state index in [0.29, 0.717) is 6.54 Å². The fourth-order valence-electron chi connectivity index (χ4n) is 3.20. The Balaban J connectivity index is 1.64. The van der Waals surface area contributed by atoms with Gasteiger partial charge in [0.15, 0.2) is 0 Å². The van der Waals surface area contributed by atoms with E-state index in [1.54, 1.807) is 6.20 Å². The van der Waals surface area contributed by atoms with E-state index in [1.807, 2.05) is 48.0 Å². The normalized spacial score (nSPS) is 15.4. The average molecular weight is 342 g/mol. The van der Waals surface area contributed by atoms with Crippen molar-refractivity contribution in [2.45, 2.75) is 33.2 Å². The zero-order valence-corrected chi connectivity index (χ0v) is 15.1. The molecule has 25 heavy (non-hydrogen) atoms. The fraction of sp³-hybridized carbons (Fsp3) is 0.500. The summed E-state index contributed by atoms with van der Waals surface area (Å²) in [4.78, 5) is 21.0. The monoisotopic (exact) mass is 342 g/mol. The molecule has 1 N–H and O–H groups in total. The molecule has 1 aliphatic rings. The predicted octanol–water partition coefficient (Wildman–Crippen LogP) is 2.91. The van der Waals surface area contributed by atoms with E-state index in [0.717, 1.165) is 31.9 Å². The zero-order valence-electron chi connectivity index (χ0n) is 15.1. The van der Waals surface area contributed by atoms with Gasteiger partial charge in [-0.1, -0.05) is 0 Å². The number of aryl methyl sites for hydroxylation is 1. The summed E-state index contributed by atoms with van der Waals surface area (Å²) >= 11 is 0. The Morgan fingerprint density at radius 2 is 2.00 bits per heavy atom. The summed E-state index contributed by atoms with van der Waals surface area (Å²) in [6.07, 6.45) is 6.37. The first-order valence-electron chi connectivity index (χ1n) is 8.81. The maximum atomic E-state index is 12.6. The van der Waals surface area contributed by atoms with Crippen molar-refractivity contribution in [2.75, 3.05) is 36.4 Å². The minimum absolute atomic E-state index is 0.0595. The van der Waals surface area contributed by atoms with Crippen LogP contribution < -0.4 is 10.2 Å². The van der Waals surface area contributed by atoms with Crippen LogP contribution in [0, 0.1) is 6.92 Å². The van der Waals surface area contributed by atoms with Crippen LogP contribution in [-0.2, 0) is 0 Å². The molecule has 0 radical (unpaired) electrons. The lowest BCUT2D eigenvalue weighted by Gasteiger charge is -2.25. The maximum Gasteiger partial charge on any atom is 0.323 e.